The molecule has 0 saturated carbocycles. The van der Waals surface area contributed by atoms with Crippen molar-refractivity contribution in [3.63, 3.8) is 0 Å². The summed E-state index contributed by atoms with van der Waals surface area (Å²) in [6.45, 7) is 2.16. The predicted molar refractivity (Wildman–Crippen MR) is 59.8 cm³/mol. The van der Waals surface area contributed by atoms with Gasteiger partial charge < -0.3 is 9.80 Å². The fourth-order valence-corrected chi connectivity index (χ4v) is 1.58. The number of hydrogen-bond acceptors (Lipinski definition) is 2. The van der Waals surface area contributed by atoms with Crippen LogP contribution in [-0.4, -0.2) is 28.2 Å². The molecule has 0 heterocycles. The van der Waals surface area contributed by atoms with Crippen LogP contribution in [0.4, 0.5) is 11.4 Å². The molecule has 0 saturated heterocycles. The van der Waals surface area contributed by atoms with Gasteiger partial charge in [-0.3, -0.25) is 0 Å². The van der Waals surface area contributed by atoms with E-state index in [1.807, 2.05) is 0 Å². The van der Waals surface area contributed by atoms with E-state index < -0.39 is 0 Å². The number of nitrogens with zero attached hydrogens (tertiary/aromatic N) is 2. The minimum atomic E-state index is 1.28. The molecule has 0 amide bonds. The molecule has 1 rings (SSSR count). The molecule has 0 N–H and O–H groups in total. The molecule has 1 aromatic carbocycles. The van der Waals surface area contributed by atoms with Gasteiger partial charge in [0.1, 0.15) is 0 Å². The van der Waals surface area contributed by atoms with Crippen molar-refractivity contribution in [3.05, 3.63) is 23.8 Å². The van der Waals surface area contributed by atoms with Gasteiger partial charge in [-0.05, 0) is 24.6 Å². The van der Waals surface area contributed by atoms with Crippen LogP contribution in [0, 0.1) is 6.92 Å². The summed E-state index contributed by atoms with van der Waals surface area (Å²) in [4.78, 5) is 4.28. The van der Waals surface area contributed by atoms with Gasteiger partial charge in [0, 0.05) is 39.6 Å². The van der Waals surface area contributed by atoms with Crippen LogP contribution in [0.5, 0.6) is 0 Å². The third-order valence-electron chi connectivity index (χ3n) is 2.24. The summed E-state index contributed by atoms with van der Waals surface area (Å²) in [6, 6.07) is 6.38. The number of rotatable bonds is 2. The fraction of sp³-hybridized carbons (Fsp3) is 0.455. The first-order valence-corrected chi connectivity index (χ1v) is 4.48. The molecular formula is C11H18N2. The lowest BCUT2D eigenvalue weighted by Gasteiger charge is -2.21. The first-order valence-electron chi connectivity index (χ1n) is 4.48. The molecule has 0 aliphatic carbocycles. The molecule has 0 spiro atoms. The van der Waals surface area contributed by atoms with Gasteiger partial charge in [-0.25, -0.2) is 0 Å². The van der Waals surface area contributed by atoms with Gasteiger partial charge in [-0.2, -0.15) is 0 Å². The van der Waals surface area contributed by atoms with Gasteiger partial charge >= 0.3 is 0 Å². The quantitative estimate of drug-likeness (QED) is 0.684. The fourth-order valence-electron chi connectivity index (χ4n) is 1.58. The third kappa shape index (κ3) is 1.94. The van der Waals surface area contributed by atoms with Crippen molar-refractivity contribution in [2.45, 2.75) is 6.92 Å². The van der Waals surface area contributed by atoms with Crippen molar-refractivity contribution in [1.82, 2.24) is 0 Å². The minimum absolute atomic E-state index is 1.28. The molecule has 0 bridgehead atoms. The highest BCUT2D eigenvalue weighted by atomic mass is 15.1. The molecule has 1 aromatic rings. The van der Waals surface area contributed by atoms with Crippen molar-refractivity contribution in [1.29, 1.82) is 0 Å². The summed E-state index contributed by atoms with van der Waals surface area (Å²) >= 11 is 0. The van der Waals surface area contributed by atoms with Crippen LogP contribution >= 0.6 is 0 Å². The molecule has 0 radical (unpaired) electrons. The van der Waals surface area contributed by atoms with Crippen LogP contribution in [0.3, 0.4) is 0 Å². The van der Waals surface area contributed by atoms with E-state index in [-0.39, 0.29) is 0 Å². The standard InChI is InChI=1S/C11H18N2/c1-9-10(12(2)3)7-6-8-11(9)13(4)5/h6-8H,1-5H3. The smallest absolute Gasteiger partial charge is 0.0411 e. The Morgan fingerprint density at radius 3 is 1.54 bits per heavy atom. The Hall–Kier alpha value is -1.18. The van der Waals surface area contributed by atoms with Crippen LogP contribution in [0.15, 0.2) is 18.2 Å². The topological polar surface area (TPSA) is 6.48 Å². The van der Waals surface area contributed by atoms with E-state index in [1.54, 1.807) is 0 Å². The van der Waals surface area contributed by atoms with Crippen LogP contribution < -0.4 is 9.80 Å². The zero-order valence-electron chi connectivity index (χ0n) is 9.13. The van der Waals surface area contributed by atoms with Crippen molar-refractivity contribution >= 4 is 11.4 Å². The molecule has 72 valence electrons. The molecule has 13 heavy (non-hydrogen) atoms. The molecule has 0 atom stereocenters. The van der Waals surface area contributed by atoms with Crippen LogP contribution in [0.1, 0.15) is 5.56 Å². The summed E-state index contributed by atoms with van der Waals surface area (Å²) in [5, 5.41) is 0. The second-order valence-corrected chi connectivity index (χ2v) is 3.71. The molecule has 0 aliphatic heterocycles. The summed E-state index contributed by atoms with van der Waals surface area (Å²) in [6.07, 6.45) is 0. The Morgan fingerprint density at radius 1 is 0.846 bits per heavy atom. The maximum Gasteiger partial charge on any atom is 0.0411 e. The van der Waals surface area contributed by atoms with E-state index in [1.165, 1.54) is 16.9 Å². The van der Waals surface area contributed by atoms with E-state index in [2.05, 4.69) is 63.1 Å². The van der Waals surface area contributed by atoms with Crippen molar-refractivity contribution in [3.8, 4) is 0 Å². The molecule has 0 aliphatic rings. The first kappa shape index (κ1) is 9.90. The lowest BCUT2D eigenvalue weighted by molar-refractivity contribution is 1.08. The Labute approximate surface area is 80.8 Å². The van der Waals surface area contributed by atoms with Crippen molar-refractivity contribution in [2.75, 3.05) is 38.0 Å². The SMILES string of the molecule is Cc1c(N(C)C)cccc1N(C)C. The summed E-state index contributed by atoms with van der Waals surface area (Å²) < 4.78 is 0. The second kappa shape index (κ2) is 3.69. The van der Waals surface area contributed by atoms with Gasteiger partial charge in [0.2, 0.25) is 0 Å². The van der Waals surface area contributed by atoms with Gasteiger partial charge in [-0.15, -0.1) is 0 Å². The molecule has 2 heteroatoms. The van der Waals surface area contributed by atoms with Gasteiger partial charge in [-0.1, -0.05) is 6.07 Å². The van der Waals surface area contributed by atoms with Gasteiger partial charge in [0.15, 0.2) is 0 Å². The Kier molecular flexibility index (Phi) is 2.81. The van der Waals surface area contributed by atoms with Crippen molar-refractivity contribution < 1.29 is 0 Å². The van der Waals surface area contributed by atoms with E-state index in [0.717, 1.165) is 0 Å². The second-order valence-electron chi connectivity index (χ2n) is 3.71. The Bertz CT molecular complexity index is 264. The zero-order chi connectivity index (χ0) is 10.0. The summed E-state index contributed by atoms with van der Waals surface area (Å²) in [5.74, 6) is 0. The maximum absolute atomic E-state index is 2.16. The lowest BCUT2D eigenvalue weighted by Crippen LogP contribution is -2.14. The van der Waals surface area contributed by atoms with E-state index >= 15 is 0 Å². The zero-order valence-corrected chi connectivity index (χ0v) is 9.13. The first-order chi connectivity index (χ1) is 6.04. The highest BCUT2D eigenvalue weighted by Crippen LogP contribution is 2.26. The van der Waals surface area contributed by atoms with Crippen LogP contribution in [0.25, 0.3) is 0 Å². The number of hydrogen-bond donors (Lipinski definition) is 0. The normalized spacial score (nSPS) is 9.92. The predicted octanol–water partition coefficient (Wildman–Crippen LogP) is 2.13. The Balaban J connectivity index is 3.18. The van der Waals surface area contributed by atoms with Gasteiger partial charge in [0.05, 0.1) is 0 Å². The average Bonchev–Trinajstić information content (AvgIpc) is 2.03. The highest BCUT2D eigenvalue weighted by Gasteiger charge is 2.05. The average molecular weight is 178 g/mol. The van der Waals surface area contributed by atoms with Crippen molar-refractivity contribution in [2.24, 2.45) is 0 Å². The lowest BCUT2D eigenvalue weighted by atomic mass is 10.1. The summed E-state index contributed by atoms with van der Waals surface area (Å²) in [7, 11) is 8.28. The third-order valence-corrected chi connectivity index (χ3v) is 2.24. The number of benzene rings is 1. The Morgan fingerprint density at radius 2 is 1.23 bits per heavy atom. The molecule has 0 fully saturated rings. The molecule has 0 unspecified atom stereocenters. The largest absolute Gasteiger partial charge is 0.377 e. The van der Waals surface area contributed by atoms with E-state index in [4.69, 9.17) is 0 Å². The molecule has 0 aromatic heterocycles. The molecular weight excluding hydrogens is 160 g/mol. The maximum atomic E-state index is 2.16. The summed E-state index contributed by atoms with van der Waals surface area (Å²) in [5.41, 5.74) is 3.90. The highest BCUT2D eigenvalue weighted by molar-refractivity contribution is 5.66. The van der Waals surface area contributed by atoms with E-state index in [9.17, 15) is 0 Å². The number of anilines is 2. The van der Waals surface area contributed by atoms with Gasteiger partial charge in [0.25, 0.3) is 0 Å². The minimum Gasteiger partial charge on any atom is -0.377 e. The molecule has 2 nitrogen and oxygen atoms in total. The monoisotopic (exact) mass is 178 g/mol. The van der Waals surface area contributed by atoms with Crippen LogP contribution in [-0.2, 0) is 0 Å². The van der Waals surface area contributed by atoms with Crippen LogP contribution in [0.2, 0.25) is 0 Å². The van der Waals surface area contributed by atoms with E-state index in [0.29, 0.717) is 0 Å².